The molecule has 7 nitrogen and oxygen atoms in total. The van der Waals surface area contributed by atoms with Crippen LogP contribution in [0.1, 0.15) is 6.42 Å². The Hall–Kier alpha value is -3.56. The number of fused-ring (bicyclic) bond motifs is 1. The molecule has 0 saturated heterocycles. The Labute approximate surface area is 163 Å². The molecule has 0 aliphatic carbocycles. The number of hydrogen-bond donors (Lipinski definition) is 2. The minimum atomic E-state index is -1.71. The Bertz CT molecular complexity index is 968. The SMILES string of the molecule is O=C(CCN1C(=O)COc2ccccc21)NCC(=O)Nc1ccc(F)c(F)c1F. The van der Waals surface area contributed by atoms with Crippen molar-refractivity contribution in [3.63, 3.8) is 0 Å². The molecule has 1 heterocycles. The van der Waals surface area contributed by atoms with Gasteiger partial charge in [0, 0.05) is 13.0 Å². The van der Waals surface area contributed by atoms with Gasteiger partial charge in [0.25, 0.3) is 5.91 Å². The van der Waals surface area contributed by atoms with Gasteiger partial charge >= 0.3 is 0 Å². The van der Waals surface area contributed by atoms with E-state index in [1.807, 2.05) is 5.32 Å². The molecule has 0 unspecified atom stereocenters. The lowest BCUT2D eigenvalue weighted by molar-refractivity contribution is -0.124. The quantitative estimate of drug-likeness (QED) is 0.717. The van der Waals surface area contributed by atoms with E-state index >= 15 is 0 Å². The van der Waals surface area contributed by atoms with Gasteiger partial charge in [-0.05, 0) is 24.3 Å². The Balaban J connectivity index is 1.50. The first-order valence-corrected chi connectivity index (χ1v) is 8.59. The molecule has 0 fully saturated rings. The van der Waals surface area contributed by atoms with Gasteiger partial charge < -0.3 is 20.3 Å². The zero-order valence-electron chi connectivity index (χ0n) is 15.0. The highest BCUT2D eigenvalue weighted by Gasteiger charge is 2.25. The van der Waals surface area contributed by atoms with Gasteiger partial charge in [-0.2, -0.15) is 0 Å². The molecule has 0 aromatic heterocycles. The van der Waals surface area contributed by atoms with Crippen LogP contribution in [-0.2, 0) is 14.4 Å². The van der Waals surface area contributed by atoms with Crippen molar-refractivity contribution in [2.24, 2.45) is 0 Å². The second-order valence-corrected chi connectivity index (χ2v) is 6.10. The topological polar surface area (TPSA) is 87.7 Å². The number of hydrogen-bond acceptors (Lipinski definition) is 4. The highest BCUT2D eigenvalue weighted by Crippen LogP contribution is 2.31. The fraction of sp³-hybridized carbons (Fsp3) is 0.211. The van der Waals surface area contributed by atoms with Crippen LogP contribution in [0.5, 0.6) is 5.75 Å². The van der Waals surface area contributed by atoms with E-state index in [-0.39, 0.29) is 25.5 Å². The van der Waals surface area contributed by atoms with Crippen LogP contribution in [0.3, 0.4) is 0 Å². The molecule has 1 aliphatic heterocycles. The number of para-hydroxylation sites is 2. The van der Waals surface area contributed by atoms with E-state index in [1.54, 1.807) is 24.3 Å². The van der Waals surface area contributed by atoms with Gasteiger partial charge in [-0.25, -0.2) is 13.2 Å². The van der Waals surface area contributed by atoms with E-state index < -0.39 is 41.5 Å². The van der Waals surface area contributed by atoms with E-state index in [2.05, 4.69) is 5.32 Å². The molecule has 2 aromatic rings. The molecule has 10 heteroatoms. The number of benzene rings is 2. The number of rotatable bonds is 6. The predicted octanol–water partition coefficient (Wildman–Crippen LogP) is 1.97. The summed E-state index contributed by atoms with van der Waals surface area (Å²) in [7, 11) is 0. The summed E-state index contributed by atoms with van der Waals surface area (Å²) in [6.07, 6.45) is -0.0904. The molecule has 0 spiro atoms. The van der Waals surface area contributed by atoms with Crippen molar-refractivity contribution in [3.05, 3.63) is 53.8 Å². The molecule has 2 N–H and O–H groups in total. The fourth-order valence-corrected chi connectivity index (χ4v) is 2.70. The smallest absolute Gasteiger partial charge is 0.265 e. The highest BCUT2D eigenvalue weighted by molar-refractivity contribution is 5.98. The first-order chi connectivity index (χ1) is 13.9. The number of nitrogens with one attached hydrogen (secondary N) is 2. The Kier molecular flexibility index (Phi) is 6.01. The molecule has 152 valence electrons. The molecule has 0 bridgehead atoms. The standard InChI is InChI=1S/C19H16F3N3O4/c20-11-5-6-12(19(22)18(11)21)24-16(27)9-23-15(26)7-8-25-13-3-1-2-4-14(13)29-10-17(25)28/h1-6H,7-10H2,(H,23,26)(H,24,27). The second kappa shape index (κ2) is 8.63. The van der Waals surface area contributed by atoms with Crippen LogP contribution in [0.25, 0.3) is 0 Å². The fourth-order valence-electron chi connectivity index (χ4n) is 2.70. The minimum Gasteiger partial charge on any atom is -0.482 e. The van der Waals surface area contributed by atoms with Crippen LogP contribution in [0.2, 0.25) is 0 Å². The number of ether oxygens (including phenoxy) is 1. The molecule has 0 atom stereocenters. The highest BCUT2D eigenvalue weighted by atomic mass is 19.2. The molecule has 3 amide bonds. The van der Waals surface area contributed by atoms with Crippen molar-refractivity contribution >= 4 is 29.1 Å². The van der Waals surface area contributed by atoms with Gasteiger partial charge in [0.05, 0.1) is 17.9 Å². The van der Waals surface area contributed by atoms with Crippen molar-refractivity contribution in [2.45, 2.75) is 6.42 Å². The maximum Gasteiger partial charge on any atom is 0.265 e. The lowest BCUT2D eigenvalue weighted by atomic mass is 10.2. The van der Waals surface area contributed by atoms with E-state index in [0.29, 0.717) is 17.5 Å². The van der Waals surface area contributed by atoms with E-state index in [9.17, 15) is 27.6 Å². The molecule has 1 aliphatic rings. The van der Waals surface area contributed by atoms with Crippen LogP contribution >= 0.6 is 0 Å². The average Bonchev–Trinajstić information content (AvgIpc) is 2.72. The summed E-state index contributed by atoms with van der Waals surface area (Å²) in [5.41, 5.74) is 0.00164. The zero-order valence-corrected chi connectivity index (χ0v) is 15.0. The van der Waals surface area contributed by atoms with Gasteiger partial charge in [-0.3, -0.25) is 14.4 Å². The lowest BCUT2D eigenvalue weighted by Crippen LogP contribution is -2.41. The molecular formula is C19H16F3N3O4. The van der Waals surface area contributed by atoms with Crippen molar-refractivity contribution in [2.75, 3.05) is 29.9 Å². The molecule has 0 saturated carbocycles. The number of carbonyl (C=O) groups excluding carboxylic acids is 3. The van der Waals surface area contributed by atoms with Crippen molar-refractivity contribution in [1.29, 1.82) is 0 Å². The minimum absolute atomic E-state index is 0.0739. The van der Waals surface area contributed by atoms with Gasteiger partial charge in [-0.15, -0.1) is 0 Å². The number of carbonyl (C=O) groups is 3. The first-order valence-electron chi connectivity index (χ1n) is 8.59. The maximum atomic E-state index is 13.5. The predicted molar refractivity (Wildman–Crippen MR) is 96.9 cm³/mol. The monoisotopic (exact) mass is 407 g/mol. The summed E-state index contributed by atoms with van der Waals surface area (Å²) in [5.74, 6) is -5.74. The number of halogens is 3. The van der Waals surface area contributed by atoms with Crippen molar-refractivity contribution < 1.29 is 32.3 Å². The van der Waals surface area contributed by atoms with Crippen molar-refractivity contribution in [3.8, 4) is 5.75 Å². The Morgan fingerprint density at radius 1 is 1.03 bits per heavy atom. The Morgan fingerprint density at radius 3 is 2.59 bits per heavy atom. The molecule has 29 heavy (non-hydrogen) atoms. The largest absolute Gasteiger partial charge is 0.482 e. The summed E-state index contributed by atoms with van der Waals surface area (Å²) in [6, 6.07) is 8.42. The Morgan fingerprint density at radius 2 is 1.79 bits per heavy atom. The van der Waals surface area contributed by atoms with E-state index in [1.165, 1.54) is 4.90 Å². The van der Waals surface area contributed by atoms with Gasteiger partial charge in [0.15, 0.2) is 24.1 Å². The third kappa shape index (κ3) is 4.65. The summed E-state index contributed by atoms with van der Waals surface area (Å²) >= 11 is 0. The van der Waals surface area contributed by atoms with Crippen molar-refractivity contribution in [1.82, 2.24) is 5.32 Å². The van der Waals surface area contributed by atoms with E-state index in [4.69, 9.17) is 4.74 Å². The summed E-state index contributed by atoms with van der Waals surface area (Å²) in [6.45, 7) is -0.573. The summed E-state index contributed by atoms with van der Waals surface area (Å²) in [4.78, 5) is 37.2. The average molecular weight is 407 g/mol. The second-order valence-electron chi connectivity index (χ2n) is 6.10. The van der Waals surface area contributed by atoms with Crippen LogP contribution in [-0.4, -0.2) is 37.4 Å². The molecule has 2 aromatic carbocycles. The summed E-state index contributed by atoms with van der Waals surface area (Å²) in [5, 5.41) is 4.36. The van der Waals surface area contributed by atoms with Gasteiger partial charge in [0.2, 0.25) is 11.8 Å². The number of amides is 3. The van der Waals surface area contributed by atoms with Gasteiger partial charge in [0.1, 0.15) is 5.75 Å². The van der Waals surface area contributed by atoms with Crippen LogP contribution < -0.4 is 20.3 Å². The summed E-state index contributed by atoms with van der Waals surface area (Å²) < 4.78 is 44.9. The molecule has 3 rings (SSSR count). The lowest BCUT2D eigenvalue weighted by Gasteiger charge is -2.29. The van der Waals surface area contributed by atoms with Gasteiger partial charge in [-0.1, -0.05) is 12.1 Å². The number of nitrogens with zero attached hydrogens (tertiary/aromatic N) is 1. The van der Waals surface area contributed by atoms with E-state index in [0.717, 1.165) is 6.07 Å². The zero-order chi connectivity index (χ0) is 21.0. The number of anilines is 2. The third-order valence-corrected chi connectivity index (χ3v) is 4.13. The third-order valence-electron chi connectivity index (χ3n) is 4.13. The van der Waals surface area contributed by atoms with Crippen LogP contribution in [0, 0.1) is 17.5 Å². The first kappa shape index (κ1) is 20.2. The normalized spacial score (nSPS) is 12.8. The van der Waals surface area contributed by atoms with Crippen LogP contribution in [0.15, 0.2) is 36.4 Å². The van der Waals surface area contributed by atoms with Crippen LogP contribution in [0.4, 0.5) is 24.5 Å². The molecular weight excluding hydrogens is 391 g/mol. The molecule has 0 radical (unpaired) electrons. The maximum absolute atomic E-state index is 13.5.